The Balaban J connectivity index is 1.48. The highest BCUT2D eigenvalue weighted by molar-refractivity contribution is 5.93. The Bertz CT molecular complexity index is 910. The van der Waals surface area contributed by atoms with Crippen LogP contribution in [0.5, 0.6) is 0 Å². The Morgan fingerprint density at radius 3 is 2.60 bits per heavy atom. The number of hydrogen-bond acceptors (Lipinski definition) is 2. The van der Waals surface area contributed by atoms with Crippen LogP contribution in [0.1, 0.15) is 38.3 Å². The molecule has 1 fully saturated rings. The average Bonchev–Trinajstić information content (AvgIpc) is 3.25. The maximum atomic E-state index is 12.4. The van der Waals surface area contributed by atoms with Gasteiger partial charge >= 0.3 is 6.03 Å². The molecule has 5 nitrogen and oxygen atoms in total. The molecule has 0 bridgehead atoms. The SMILES string of the molecule is CC(C)n1cc2cc(NC(=O)NC3(c4ccccc4)CC3)ccc2n1. The summed E-state index contributed by atoms with van der Waals surface area (Å²) in [6, 6.07) is 16.1. The van der Waals surface area contributed by atoms with Crippen LogP contribution in [0.15, 0.2) is 54.7 Å². The lowest BCUT2D eigenvalue weighted by Crippen LogP contribution is -2.38. The highest BCUT2D eigenvalue weighted by atomic mass is 16.2. The van der Waals surface area contributed by atoms with Crippen molar-refractivity contribution in [3.8, 4) is 0 Å². The lowest BCUT2D eigenvalue weighted by atomic mass is 10.1. The summed E-state index contributed by atoms with van der Waals surface area (Å²) in [6.45, 7) is 4.19. The van der Waals surface area contributed by atoms with Crippen molar-refractivity contribution in [1.82, 2.24) is 15.1 Å². The summed E-state index contributed by atoms with van der Waals surface area (Å²) in [5.74, 6) is 0. The van der Waals surface area contributed by atoms with Crippen molar-refractivity contribution < 1.29 is 4.79 Å². The first kappa shape index (κ1) is 15.7. The Labute approximate surface area is 147 Å². The quantitative estimate of drug-likeness (QED) is 0.741. The zero-order chi connectivity index (χ0) is 17.4. The third kappa shape index (κ3) is 3.09. The molecule has 1 aliphatic carbocycles. The maximum Gasteiger partial charge on any atom is 0.319 e. The van der Waals surface area contributed by atoms with E-state index in [0.717, 1.165) is 29.4 Å². The van der Waals surface area contributed by atoms with Gasteiger partial charge in [0.05, 0.1) is 11.1 Å². The highest BCUT2D eigenvalue weighted by Crippen LogP contribution is 2.45. The van der Waals surface area contributed by atoms with Crippen LogP contribution in [0.3, 0.4) is 0 Å². The molecule has 4 rings (SSSR count). The Morgan fingerprint density at radius 1 is 1.16 bits per heavy atom. The van der Waals surface area contributed by atoms with Crippen LogP contribution < -0.4 is 10.6 Å². The molecule has 0 atom stereocenters. The minimum absolute atomic E-state index is 0.169. The van der Waals surface area contributed by atoms with Gasteiger partial charge in [-0.1, -0.05) is 30.3 Å². The number of hydrogen-bond donors (Lipinski definition) is 2. The van der Waals surface area contributed by atoms with Crippen LogP contribution in [0.4, 0.5) is 10.5 Å². The molecule has 25 heavy (non-hydrogen) atoms. The van der Waals surface area contributed by atoms with Gasteiger partial charge in [-0.05, 0) is 50.5 Å². The van der Waals surface area contributed by atoms with Crippen LogP contribution in [-0.2, 0) is 5.54 Å². The smallest absolute Gasteiger partial charge is 0.319 e. The Hall–Kier alpha value is -2.82. The molecule has 1 saturated carbocycles. The first-order valence-electron chi connectivity index (χ1n) is 8.69. The molecule has 2 N–H and O–H groups in total. The van der Waals surface area contributed by atoms with Crippen molar-refractivity contribution in [2.75, 3.05) is 5.32 Å². The molecule has 0 saturated heterocycles. The number of benzene rings is 2. The summed E-state index contributed by atoms with van der Waals surface area (Å²) in [6.07, 6.45) is 3.96. The van der Waals surface area contributed by atoms with Crippen LogP contribution in [0, 0.1) is 0 Å². The number of rotatable bonds is 4. The van der Waals surface area contributed by atoms with E-state index in [1.165, 1.54) is 5.56 Å². The lowest BCUT2D eigenvalue weighted by molar-refractivity contribution is 0.247. The fourth-order valence-corrected chi connectivity index (χ4v) is 3.13. The molecule has 5 heteroatoms. The van der Waals surface area contributed by atoms with Gasteiger partial charge in [0.15, 0.2) is 0 Å². The second-order valence-electron chi connectivity index (χ2n) is 7.00. The molecule has 1 aliphatic rings. The molecule has 2 amide bonds. The predicted octanol–water partition coefficient (Wildman–Crippen LogP) is 4.43. The van der Waals surface area contributed by atoms with Gasteiger partial charge in [-0.3, -0.25) is 4.68 Å². The zero-order valence-corrected chi connectivity index (χ0v) is 14.5. The van der Waals surface area contributed by atoms with Gasteiger partial charge in [-0.15, -0.1) is 0 Å². The van der Waals surface area contributed by atoms with Crippen molar-refractivity contribution in [2.24, 2.45) is 0 Å². The van der Waals surface area contributed by atoms with E-state index in [2.05, 4.69) is 41.7 Å². The second kappa shape index (κ2) is 5.92. The lowest BCUT2D eigenvalue weighted by Gasteiger charge is -2.18. The van der Waals surface area contributed by atoms with E-state index >= 15 is 0 Å². The molecule has 1 heterocycles. The monoisotopic (exact) mass is 334 g/mol. The van der Waals surface area contributed by atoms with E-state index in [-0.39, 0.29) is 11.6 Å². The number of anilines is 1. The van der Waals surface area contributed by atoms with Gasteiger partial charge in [0.2, 0.25) is 0 Å². The van der Waals surface area contributed by atoms with Crippen LogP contribution in [0.25, 0.3) is 10.9 Å². The van der Waals surface area contributed by atoms with Gasteiger partial charge in [0.1, 0.15) is 0 Å². The molecular weight excluding hydrogens is 312 g/mol. The van der Waals surface area contributed by atoms with Gasteiger partial charge in [-0.25, -0.2) is 4.79 Å². The number of amides is 2. The van der Waals surface area contributed by atoms with Gasteiger partial charge < -0.3 is 10.6 Å². The van der Waals surface area contributed by atoms with Crippen molar-refractivity contribution in [3.05, 3.63) is 60.3 Å². The van der Waals surface area contributed by atoms with E-state index < -0.39 is 0 Å². The third-order valence-corrected chi connectivity index (χ3v) is 4.74. The first-order valence-corrected chi connectivity index (χ1v) is 8.69. The fraction of sp³-hybridized carbons (Fsp3) is 0.300. The van der Waals surface area contributed by atoms with E-state index in [4.69, 9.17) is 0 Å². The normalized spacial score (nSPS) is 15.3. The third-order valence-electron chi connectivity index (χ3n) is 4.74. The van der Waals surface area contributed by atoms with Crippen molar-refractivity contribution in [1.29, 1.82) is 0 Å². The van der Waals surface area contributed by atoms with Crippen molar-refractivity contribution in [2.45, 2.75) is 38.3 Å². The summed E-state index contributed by atoms with van der Waals surface area (Å²) >= 11 is 0. The number of carbonyl (C=O) groups is 1. The van der Waals surface area contributed by atoms with Crippen LogP contribution in [0.2, 0.25) is 0 Å². The standard InChI is InChI=1S/C20H22N4O/c1-14(2)24-13-15-12-17(8-9-18(15)23-24)21-19(25)22-20(10-11-20)16-6-4-3-5-7-16/h3-9,12-14H,10-11H2,1-2H3,(H2,21,22,25). The minimum atomic E-state index is -0.210. The number of nitrogens with zero attached hydrogens (tertiary/aromatic N) is 2. The number of carbonyl (C=O) groups excluding carboxylic acids is 1. The Kier molecular flexibility index (Phi) is 3.71. The second-order valence-corrected chi connectivity index (χ2v) is 7.00. The number of urea groups is 1. The number of fused-ring (bicyclic) bond motifs is 1. The summed E-state index contributed by atoms with van der Waals surface area (Å²) in [5.41, 5.74) is 2.66. The van der Waals surface area contributed by atoms with E-state index in [0.29, 0.717) is 6.04 Å². The molecule has 1 aromatic heterocycles. The topological polar surface area (TPSA) is 59.0 Å². The van der Waals surface area contributed by atoms with Crippen LogP contribution in [-0.4, -0.2) is 15.8 Å². The zero-order valence-electron chi connectivity index (χ0n) is 14.5. The molecule has 3 aromatic rings. The predicted molar refractivity (Wildman–Crippen MR) is 99.6 cm³/mol. The fourth-order valence-electron chi connectivity index (χ4n) is 3.13. The van der Waals surface area contributed by atoms with Gasteiger partial charge in [0, 0.05) is 23.3 Å². The summed E-state index contributed by atoms with van der Waals surface area (Å²) in [5, 5.41) is 11.6. The largest absolute Gasteiger partial charge is 0.328 e. The molecule has 0 radical (unpaired) electrons. The van der Waals surface area contributed by atoms with E-state index in [1.807, 2.05) is 47.3 Å². The van der Waals surface area contributed by atoms with Crippen LogP contribution >= 0.6 is 0 Å². The highest BCUT2D eigenvalue weighted by Gasteiger charge is 2.45. The van der Waals surface area contributed by atoms with Crippen molar-refractivity contribution >= 4 is 22.6 Å². The van der Waals surface area contributed by atoms with Crippen molar-refractivity contribution in [3.63, 3.8) is 0 Å². The molecule has 0 unspecified atom stereocenters. The minimum Gasteiger partial charge on any atom is -0.328 e. The Morgan fingerprint density at radius 2 is 1.92 bits per heavy atom. The molecular formula is C20H22N4O. The summed E-state index contributed by atoms with van der Waals surface area (Å²) < 4.78 is 1.93. The number of aromatic nitrogens is 2. The maximum absolute atomic E-state index is 12.4. The summed E-state index contributed by atoms with van der Waals surface area (Å²) in [4.78, 5) is 12.4. The molecule has 0 aliphatic heterocycles. The first-order chi connectivity index (χ1) is 12.1. The molecule has 2 aromatic carbocycles. The average molecular weight is 334 g/mol. The van der Waals surface area contributed by atoms with Gasteiger partial charge in [-0.2, -0.15) is 5.10 Å². The number of nitrogens with one attached hydrogen (secondary N) is 2. The van der Waals surface area contributed by atoms with Gasteiger partial charge in [0.25, 0.3) is 0 Å². The molecule has 128 valence electrons. The summed E-state index contributed by atoms with van der Waals surface area (Å²) in [7, 11) is 0. The molecule has 0 spiro atoms. The van der Waals surface area contributed by atoms with E-state index in [1.54, 1.807) is 0 Å². The van der Waals surface area contributed by atoms with E-state index in [9.17, 15) is 4.79 Å².